The normalized spacial score (nSPS) is 19.3. The van der Waals surface area contributed by atoms with E-state index in [9.17, 15) is 9.59 Å². The smallest absolute Gasteiger partial charge is 0.228 e. The van der Waals surface area contributed by atoms with E-state index < -0.39 is 0 Å². The largest absolute Gasteiger partial charge is 0.494 e. The van der Waals surface area contributed by atoms with E-state index >= 15 is 0 Å². The third-order valence-corrected chi connectivity index (χ3v) is 5.60. The minimum absolute atomic E-state index is 0.00466. The van der Waals surface area contributed by atoms with E-state index in [0.29, 0.717) is 26.2 Å². The molecule has 2 amide bonds. The molecule has 2 aromatic carbocycles. The Morgan fingerprint density at radius 2 is 1.86 bits per heavy atom. The van der Waals surface area contributed by atoms with Crippen molar-refractivity contribution in [3.63, 3.8) is 0 Å². The lowest BCUT2D eigenvalue weighted by Gasteiger charge is -2.29. The maximum Gasteiger partial charge on any atom is 0.228 e. The molecule has 2 aromatic rings. The van der Waals surface area contributed by atoms with Crippen LogP contribution in [0.25, 0.3) is 5.57 Å². The summed E-state index contributed by atoms with van der Waals surface area (Å²) in [5, 5.41) is 0. The van der Waals surface area contributed by atoms with Gasteiger partial charge in [-0.15, -0.1) is 0 Å². The molecule has 0 aliphatic carbocycles. The van der Waals surface area contributed by atoms with Crippen LogP contribution in [0.2, 0.25) is 0 Å². The molecule has 2 aliphatic rings. The minimum atomic E-state index is -0.277. The van der Waals surface area contributed by atoms with Crippen LogP contribution in [0.15, 0.2) is 60.7 Å². The number of benzene rings is 2. The Kier molecular flexibility index (Phi) is 5.65. The summed E-state index contributed by atoms with van der Waals surface area (Å²) in [4.78, 5) is 29.1. The zero-order valence-electron chi connectivity index (χ0n) is 16.7. The van der Waals surface area contributed by atoms with Gasteiger partial charge in [-0.05, 0) is 48.7 Å². The fraction of sp³-hybridized carbons (Fsp3) is 0.333. The molecular weight excluding hydrogens is 364 g/mol. The van der Waals surface area contributed by atoms with Crippen molar-refractivity contribution in [3.05, 3.63) is 66.2 Å². The first kappa shape index (κ1) is 19.2. The van der Waals surface area contributed by atoms with E-state index in [1.54, 1.807) is 4.90 Å². The van der Waals surface area contributed by atoms with Crippen LogP contribution in [0, 0.1) is 5.92 Å². The highest BCUT2D eigenvalue weighted by molar-refractivity contribution is 6.00. The molecule has 29 heavy (non-hydrogen) atoms. The molecule has 5 nitrogen and oxygen atoms in total. The summed E-state index contributed by atoms with van der Waals surface area (Å²) >= 11 is 0. The van der Waals surface area contributed by atoms with Gasteiger partial charge in [-0.1, -0.05) is 36.4 Å². The molecule has 1 atom stereocenters. The highest BCUT2D eigenvalue weighted by atomic mass is 16.5. The van der Waals surface area contributed by atoms with Crippen molar-refractivity contribution < 1.29 is 14.3 Å². The van der Waals surface area contributed by atoms with E-state index in [0.717, 1.165) is 17.9 Å². The zero-order valence-corrected chi connectivity index (χ0v) is 16.7. The molecule has 0 N–H and O–H groups in total. The number of hydrogen-bond acceptors (Lipinski definition) is 3. The Morgan fingerprint density at radius 1 is 1.10 bits per heavy atom. The standard InChI is InChI=1S/C24H26N2O3/c1-2-29-22-10-8-21(9-11-22)26-17-20(16-23(26)27)24(28)25-14-12-19(13-15-25)18-6-4-3-5-7-18/h3-12,20H,2,13-17H2,1H3/t20-/m0/s1. The van der Waals surface area contributed by atoms with Crippen LogP contribution in [-0.2, 0) is 9.59 Å². The van der Waals surface area contributed by atoms with Crippen molar-refractivity contribution >= 4 is 23.1 Å². The summed E-state index contributed by atoms with van der Waals surface area (Å²) in [7, 11) is 0. The van der Waals surface area contributed by atoms with Gasteiger partial charge in [0.05, 0.1) is 12.5 Å². The van der Waals surface area contributed by atoms with E-state index in [2.05, 4.69) is 18.2 Å². The number of rotatable bonds is 5. The van der Waals surface area contributed by atoms with Crippen LogP contribution < -0.4 is 9.64 Å². The Bertz CT molecular complexity index is 905. The fourth-order valence-corrected chi connectivity index (χ4v) is 4.05. The van der Waals surface area contributed by atoms with Gasteiger partial charge in [0.2, 0.25) is 11.8 Å². The van der Waals surface area contributed by atoms with Crippen molar-refractivity contribution in [2.24, 2.45) is 5.92 Å². The number of carbonyl (C=O) groups excluding carboxylic acids is 2. The number of amides is 2. The van der Waals surface area contributed by atoms with Crippen LogP contribution in [0.1, 0.15) is 25.3 Å². The van der Waals surface area contributed by atoms with E-state index in [-0.39, 0.29) is 24.2 Å². The molecule has 0 radical (unpaired) electrons. The molecule has 150 valence electrons. The summed E-state index contributed by atoms with van der Waals surface area (Å²) in [5.41, 5.74) is 3.32. The van der Waals surface area contributed by atoms with Gasteiger partial charge in [0.25, 0.3) is 0 Å². The first-order valence-electron chi connectivity index (χ1n) is 10.2. The van der Waals surface area contributed by atoms with Gasteiger partial charge >= 0.3 is 0 Å². The Labute approximate surface area is 171 Å². The number of carbonyl (C=O) groups is 2. The number of ether oxygens (including phenoxy) is 1. The van der Waals surface area contributed by atoms with Crippen molar-refractivity contribution in [1.82, 2.24) is 4.90 Å². The highest BCUT2D eigenvalue weighted by Crippen LogP contribution is 2.29. The van der Waals surface area contributed by atoms with Gasteiger partial charge in [0.1, 0.15) is 5.75 Å². The maximum atomic E-state index is 13.0. The summed E-state index contributed by atoms with van der Waals surface area (Å²) in [6, 6.07) is 17.8. The van der Waals surface area contributed by atoms with Crippen molar-refractivity contribution in [3.8, 4) is 5.75 Å². The topological polar surface area (TPSA) is 49.9 Å². The third kappa shape index (κ3) is 4.19. The molecule has 0 unspecified atom stereocenters. The van der Waals surface area contributed by atoms with Crippen LogP contribution in [0.5, 0.6) is 5.75 Å². The lowest BCUT2D eigenvalue weighted by atomic mass is 9.98. The molecule has 4 rings (SSSR count). The molecule has 0 bridgehead atoms. The van der Waals surface area contributed by atoms with Gasteiger partial charge in [0.15, 0.2) is 0 Å². The number of hydrogen-bond donors (Lipinski definition) is 0. The van der Waals surface area contributed by atoms with Gasteiger partial charge in [-0.25, -0.2) is 0 Å². The predicted molar refractivity (Wildman–Crippen MR) is 114 cm³/mol. The van der Waals surface area contributed by atoms with Gasteiger partial charge in [-0.3, -0.25) is 9.59 Å². The second-order valence-electron chi connectivity index (χ2n) is 7.46. The first-order chi connectivity index (χ1) is 14.2. The predicted octanol–water partition coefficient (Wildman–Crippen LogP) is 3.75. The molecule has 1 fully saturated rings. The third-order valence-electron chi connectivity index (χ3n) is 5.60. The molecule has 1 saturated heterocycles. The molecule has 5 heteroatoms. The quantitative estimate of drug-likeness (QED) is 0.781. The van der Waals surface area contributed by atoms with Crippen molar-refractivity contribution in [2.45, 2.75) is 19.8 Å². The van der Waals surface area contributed by atoms with Crippen LogP contribution in [0.4, 0.5) is 5.69 Å². The van der Waals surface area contributed by atoms with Crippen LogP contribution in [0.3, 0.4) is 0 Å². The fourth-order valence-electron chi connectivity index (χ4n) is 4.05. The van der Waals surface area contributed by atoms with E-state index in [4.69, 9.17) is 4.74 Å². The minimum Gasteiger partial charge on any atom is -0.494 e. The highest BCUT2D eigenvalue weighted by Gasteiger charge is 2.37. The molecule has 2 heterocycles. The molecule has 0 saturated carbocycles. The van der Waals surface area contributed by atoms with Gasteiger partial charge in [-0.2, -0.15) is 0 Å². The number of nitrogens with zero attached hydrogens (tertiary/aromatic N) is 2. The van der Waals surface area contributed by atoms with Crippen molar-refractivity contribution in [1.29, 1.82) is 0 Å². The lowest BCUT2D eigenvalue weighted by molar-refractivity contribution is -0.135. The molecule has 0 aromatic heterocycles. The Hall–Kier alpha value is -3.08. The maximum absolute atomic E-state index is 13.0. The van der Waals surface area contributed by atoms with Gasteiger partial charge in [0, 0.05) is 31.7 Å². The Morgan fingerprint density at radius 3 is 2.52 bits per heavy atom. The molecule has 2 aliphatic heterocycles. The van der Waals surface area contributed by atoms with E-state index in [1.165, 1.54) is 11.1 Å². The van der Waals surface area contributed by atoms with Crippen molar-refractivity contribution in [2.75, 3.05) is 31.1 Å². The van der Waals surface area contributed by atoms with Gasteiger partial charge < -0.3 is 14.5 Å². The second-order valence-corrected chi connectivity index (χ2v) is 7.46. The average molecular weight is 390 g/mol. The average Bonchev–Trinajstić information content (AvgIpc) is 3.16. The molecule has 0 spiro atoms. The zero-order chi connectivity index (χ0) is 20.2. The van der Waals surface area contributed by atoms with Crippen LogP contribution >= 0.6 is 0 Å². The summed E-state index contributed by atoms with van der Waals surface area (Å²) in [5.74, 6) is 0.589. The monoisotopic (exact) mass is 390 g/mol. The summed E-state index contributed by atoms with van der Waals surface area (Å²) in [6.07, 6.45) is 3.26. The summed E-state index contributed by atoms with van der Waals surface area (Å²) in [6.45, 7) is 4.29. The second kappa shape index (κ2) is 8.52. The lowest BCUT2D eigenvalue weighted by Crippen LogP contribution is -2.39. The molecular formula is C24H26N2O3. The summed E-state index contributed by atoms with van der Waals surface area (Å²) < 4.78 is 5.46. The Balaban J connectivity index is 1.39. The number of anilines is 1. The SMILES string of the molecule is CCOc1ccc(N2C[C@@H](C(=O)N3CC=C(c4ccccc4)CC3)CC2=O)cc1. The van der Waals surface area contributed by atoms with Crippen LogP contribution in [-0.4, -0.2) is 43.0 Å². The van der Waals surface area contributed by atoms with E-state index in [1.807, 2.05) is 54.3 Å². The first-order valence-corrected chi connectivity index (χ1v) is 10.2.